The normalized spacial score (nSPS) is 20.6. The second-order valence-electron chi connectivity index (χ2n) is 10.6. The third kappa shape index (κ3) is 3.88. The quantitative estimate of drug-likeness (QED) is 0.342. The molecule has 0 unspecified atom stereocenters. The van der Waals surface area contributed by atoms with Crippen LogP contribution < -0.4 is 5.32 Å². The molecule has 6 heterocycles. The Hall–Kier alpha value is -4.53. The van der Waals surface area contributed by atoms with Crippen LogP contribution in [0.25, 0.3) is 33.2 Å². The number of fused-ring (bicyclic) bond motifs is 6. The Morgan fingerprint density at radius 3 is 2.85 bits per heavy atom. The van der Waals surface area contributed by atoms with Gasteiger partial charge in [0, 0.05) is 54.6 Å². The van der Waals surface area contributed by atoms with Gasteiger partial charge in [0.1, 0.15) is 17.2 Å². The Kier molecular flexibility index (Phi) is 5.47. The molecule has 8 nitrogen and oxygen atoms in total. The predicted octanol–water partition coefficient (Wildman–Crippen LogP) is 5.14. The smallest absolute Gasteiger partial charge is 0.270 e. The van der Waals surface area contributed by atoms with E-state index in [0.29, 0.717) is 29.2 Å². The van der Waals surface area contributed by atoms with Gasteiger partial charge >= 0.3 is 0 Å². The number of carbonyl (C=O) groups is 2. The Morgan fingerprint density at radius 1 is 1.10 bits per heavy atom. The average molecular weight is 523 g/mol. The second-order valence-corrected chi connectivity index (χ2v) is 10.6. The van der Waals surface area contributed by atoms with E-state index in [4.69, 9.17) is 0 Å². The summed E-state index contributed by atoms with van der Waals surface area (Å²) in [4.78, 5) is 41.5. The van der Waals surface area contributed by atoms with Crippen molar-refractivity contribution in [3.05, 3.63) is 78.6 Å². The van der Waals surface area contributed by atoms with Gasteiger partial charge in [0.2, 0.25) is 5.91 Å². The molecule has 2 N–H and O–H groups in total. The number of hydrogen-bond acceptors (Lipinski definition) is 4. The van der Waals surface area contributed by atoms with Crippen molar-refractivity contribution in [1.29, 1.82) is 0 Å². The van der Waals surface area contributed by atoms with Crippen LogP contribution in [0.4, 0.5) is 10.1 Å². The molecule has 39 heavy (non-hydrogen) atoms. The number of aromatic amines is 1. The lowest BCUT2D eigenvalue weighted by atomic mass is 9.72. The maximum absolute atomic E-state index is 14.0. The van der Waals surface area contributed by atoms with E-state index in [9.17, 15) is 14.0 Å². The van der Waals surface area contributed by atoms with Gasteiger partial charge in [-0.3, -0.25) is 14.6 Å². The van der Waals surface area contributed by atoms with E-state index in [1.807, 2.05) is 34.8 Å². The Bertz CT molecular complexity index is 1760. The predicted molar refractivity (Wildman–Crippen MR) is 146 cm³/mol. The molecule has 4 aromatic heterocycles. The summed E-state index contributed by atoms with van der Waals surface area (Å²) < 4.78 is 15.8. The third-order valence-corrected chi connectivity index (χ3v) is 8.33. The summed E-state index contributed by atoms with van der Waals surface area (Å²) in [6.45, 7) is 0.647. The first-order chi connectivity index (χ1) is 19.0. The molecule has 5 aromatic rings. The molecule has 2 bridgehead atoms. The molecule has 2 amide bonds. The first-order valence-electron chi connectivity index (χ1n) is 13.2. The van der Waals surface area contributed by atoms with Crippen molar-refractivity contribution >= 4 is 39.4 Å². The standard InChI is InChI=1S/C30H27FN6O2/c1-36-25(14-19-15-34-28-21(27(19)36)9-11-33-28)30(39)37-16-17-7-8-24(37)22(12-17)29(38)35-23-6-3-10-32-26(23)18-4-2-5-20(31)13-18/h2-6,9-11,13-15,17,22,24H,7-8,12,16H2,1H3,(H,33,34)(H,35,38)/t17-,22+,24+/m1/s1. The summed E-state index contributed by atoms with van der Waals surface area (Å²) in [7, 11) is 1.91. The van der Waals surface area contributed by atoms with E-state index >= 15 is 0 Å². The van der Waals surface area contributed by atoms with E-state index in [0.717, 1.165) is 41.2 Å². The summed E-state index contributed by atoms with van der Waals surface area (Å²) in [6.07, 6.45) is 7.78. The van der Waals surface area contributed by atoms with E-state index < -0.39 is 0 Å². The first kappa shape index (κ1) is 23.6. The SMILES string of the molecule is Cn1c(C(=O)N2C[C@@H]3CC[C@H]2[C@@H](C(=O)Nc2cccnc2-c2cccc(F)c2)C3)cc2cnc3[nH]ccc3c21. The van der Waals surface area contributed by atoms with Crippen molar-refractivity contribution < 1.29 is 14.0 Å². The van der Waals surface area contributed by atoms with Crippen LogP contribution in [0.2, 0.25) is 0 Å². The molecule has 8 rings (SSSR count). The number of halogens is 1. The number of aromatic nitrogens is 4. The highest BCUT2D eigenvalue weighted by Gasteiger charge is 2.46. The van der Waals surface area contributed by atoms with Crippen LogP contribution in [0.5, 0.6) is 0 Å². The third-order valence-electron chi connectivity index (χ3n) is 8.33. The van der Waals surface area contributed by atoms with E-state index in [1.165, 1.54) is 12.1 Å². The van der Waals surface area contributed by atoms with Crippen molar-refractivity contribution in [2.45, 2.75) is 25.3 Å². The van der Waals surface area contributed by atoms with Crippen LogP contribution in [0, 0.1) is 17.7 Å². The zero-order valence-electron chi connectivity index (χ0n) is 21.4. The number of benzene rings is 1. The maximum atomic E-state index is 14.0. The van der Waals surface area contributed by atoms with Gasteiger partial charge in [0.25, 0.3) is 5.91 Å². The number of hydrogen-bond donors (Lipinski definition) is 2. The molecule has 1 aromatic carbocycles. The van der Waals surface area contributed by atoms with Gasteiger partial charge in [-0.25, -0.2) is 9.37 Å². The van der Waals surface area contributed by atoms with Crippen molar-refractivity contribution in [2.75, 3.05) is 11.9 Å². The molecule has 1 saturated carbocycles. The Labute approximate surface area is 223 Å². The highest BCUT2D eigenvalue weighted by atomic mass is 19.1. The van der Waals surface area contributed by atoms with Crippen LogP contribution in [0.3, 0.4) is 0 Å². The summed E-state index contributed by atoms with van der Waals surface area (Å²) in [6, 6.07) is 13.4. The lowest BCUT2D eigenvalue weighted by Crippen LogP contribution is -2.58. The molecular weight excluding hydrogens is 495 g/mol. The summed E-state index contributed by atoms with van der Waals surface area (Å²) in [5, 5.41) is 4.93. The first-order valence-corrected chi connectivity index (χ1v) is 13.2. The van der Waals surface area contributed by atoms with Crippen LogP contribution in [0.15, 0.2) is 67.1 Å². The van der Waals surface area contributed by atoms with Crippen LogP contribution in [0.1, 0.15) is 29.8 Å². The van der Waals surface area contributed by atoms with E-state index in [1.54, 1.807) is 36.7 Å². The number of carbonyl (C=O) groups excluding carboxylic acids is 2. The van der Waals surface area contributed by atoms with Gasteiger partial charge in [0.15, 0.2) is 0 Å². The number of nitrogens with one attached hydrogen (secondary N) is 2. The van der Waals surface area contributed by atoms with Crippen molar-refractivity contribution in [3.63, 3.8) is 0 Å². The minimum absolute atomic E-state index is 0.0635. The molecule has 2 saturated heterocycles. The molecule has 9 heteroatoms. The highest BCUT2D eigenvalue weighted by molar-refractivity contribution is 6.07. The summed E-state index contributed by atoms with van der Waals surface area (Å²) in [5.74, 6) is -0.640. The molecule has 196 valence electrons. The number of piperidine rings is 2. The molecule has 0 radical (unpaired) electrons. The van der Waals surface area contributed by atoms with Crippen molar-refractivity contribution in [3.8, 4) is 11.3 Å². The molecule has 3 aliphatic rings. The van der Waals surface area contributed by atoms with Gasteiger partial charge in [-0.2, -0.15) is 0 Å². The number of anilines is 1. The van der Waals surface area contributed by atoms with E-state index in [2.05, 4.69) is 20.3 Å². The molecule has 0 spiro atoms. The summed E-state index contributed by atoms with van der Waals surface area (Å²) in [5.41, 5.74) is 3.97. The van der Waals surface area contributed by atoms with Gasteiger partial charge in [0.05, 0.1) is 22.8 Å². The van der Waals surface area contributed by atoms with Crippen LogP contribution >= 0.6 is 0 Å². The maximum Gasteiger partial charge on any atom is 0.270 e. The van der Waals surface area contributed by atoms with E-state index in [-0.39, 0.29) is 35.5 Å². The minimum Gasteiger partial charge on any atom is -0.346 e. The number of pyridine rings is 2. The highest BCUT2D eigenvalue weighted by Crippen LogP contribution is 2.41. The fourth-order valence-electron chi connectivity index (χ4n) is 6.51. The molecule has 3 atom stereocenters. The van der Waals surface area contributed by atoms with Crippen LogP contribution in [-0.4, -0.2) is 48.8 Å². The zero-order chi connectivity index (χ0) is 26.7. The average Bonchev–Trinajstić information content (AvgIpc) is 3.57. The van der Waals surface area contributed by atoms with Gasteiger partial charge in [-0.1, -0.05) is 12.1 Å². The van der Waals surface area contributed by atoms with Gasteiger partial charge in [-0.15, -0.1) is 0 Å². The fraction of sp³-hybridized carbons (Fsp3) is 0.267. The number of H-pyrrole nitrogens is 1. The zero-order valence-corrected chi connectivity index (χ0v) is 21.4. The van der Waals surface area contributed by atoms with Crippen molar-refractivity contribution in [2.24, 2.45) is 18.9 Å². The largest absolute Gasteiger partial charge is 0.346 e. The topological polar surface area (TPSA) is 95.9 Å². The fourth-order valence-corrected chi connectivity index (χ4v) is 6.51. The number of rotatable bonds is 4. The molecular formula is C30H27FN6O2. The lowest BCUT2D eigenvalue weighted by molar-refractivity contribution is -0.126. The molecule has 3 fully saturated rings. The number of aryl methyl sites for hydroxylation is 1. The Balaban J connectivity index is 1.17. The molecule has 2 aliphatic heterocycles. The number of amides is 2. The van der Waals surface area contributed by atoms with Gasteiger partial charge in [-0.05, 0) is 61.6 Å². The monoisotopic (exact) mass is 522 g/mol. The second kappa shape index (κ2) is 9.04. The minimum atomic E-state index is -0.365. The van der Waals surface area contributed by atoms with Crippen molar-refractivity contribution in [1.82, 2.24) is 24.4 Å². The number of nitrogens with zero attached hydrogens (tertiary/aromatic N) is 4. The van der Waals surface area contributed by atoms with Crippen LogP contribution in [-0.2, 0) is 11.8 Å². The molecule has 1 aliphatic carbocycles. The lowest BCUT2D eigenvalue weighted by Gasteiger charge is -2.49. The summed E-state index contributed by atoms with van der Waals surface area (Å²) >= 11 is 0. The van der Waals surface area contributed by atoms with Gasteiger partial charge < -0.3 is 19.8 Å². The Morgan fingerprint density at radius 2 is 2.00 bits per heavy atom.